The molecule has 0 fully saturated rings. The topological polar surface area (TPSA) is 42.7 Å². The quantitative estimate of drug-likeness (QED) is 0.759. The van der Waals surface area contributed by atoms with E-state index in [2.05, 4.69) is 70.9 Å². The standard InChI is InChI=1S/C18H20N4/c1-15-7-9-16(10-8-15)11-20-18(12-22-14-19-13-21-22)17-5-3-2-4-6-17/h2-10,13-14,18,20H,11-12H2,1H3/t18-/m0/s1. The highest BCUT2D eigenvalue weighted by Crippen LogP contribution is 2.15. The molecular formula is C18H20N4. The second kappa shape index (κ2) is 7.00. The summed E-state index contributed by atoms with van der Waals surface area (Å²) in [5.41, 5.74) is 3.82. The minimum Gasteiger partial charge on any atom is -0.304 e. The predicted octanol–water partition coefficient (Wildman–Crippen LogP) is 3.12. The highest BCUT2D eigenvalue weighted by molar-refractivity contribution is 5.22. The molecule has 1 aromatic heterocycles. The zero-order valence-electron chi connectivity index (χ0n) is 12.7. The third-order valence-corrected chi connectivity index (χ3v) is 3.71. The summed E-state index contributed by atoms with van der Waals surface area (Å²) < 4.78 is 1.86. The third-order valence-electron chi connectivity index (χ3n) is 3.71. The van der Waals surface area contributed by atoms with Crippen LogP contribution in [0.1, 0.15) is 22.7 Å². The van der Waals surface area contributed by atoms with Crippen molar-refractivity contribution in [3.05, 3.63) is 83.9 Å². The maximum absolute atomic E-state index is 4.21. The van der Waals surface area contributed by atoms with Crippen molar-refractivity contribution < 1.29 is 0 Å². The summed E-state index contributed by atoms with van der Waals surface area (Å²) in [4.78, 5) is 4.02. The molecule has 0 spiro atoms. The van der Waals surface area contributed by atoms with Crippen LogP contribution in [-0.2, 0) is 13.1 Å². The number of benzene rings is 2. The molecule has 4 nitrogen and oxygen atoms in total. The van der Waals surface area contributed by atoms with Gasteiger partial charge in [-0.05, 0) is 18.1 Å². The van der Waals surface area contributed by atoms with E-state index < -0.39 is 0 Å². The van der Waals surface area contributed by atoms with Crippen molar-refractivity contribution in [2.75, 3.05) is 0 Å². The Morgan fingerprint density at radius 1 is 1.05 bits per heavy atom. The van der Waals surface area contributed by atoms with Crippen molar-refractivity contribution in [3.63, 3.8) is 0 Å². The summed E-state index contributed by atoms with van der Waals surface area (Å²) in [7, 11) is 0. The van der Waals surface area contributed by atoms with E-state index >= 15 is 0 Å². The maximum Gasteiger partial charge on any atom is 0.137 e. The first kappa shape index (κ1) is 14.5. The molecule has 1 atom stereocenters. The zero-order valence-corrected chi connectivity index (χ0v) is 12.7. The Morgan fingerprint density at radius 2 is 1.82 bits per heavy atom. The van der Waals surface area contributed by atoms with Crippen LogP contribution in [0.4, 0.5) is 0 Å². The SMILES string of the molecule is Cc1ccc(CN[C@@H](Cn2cncn2)c2ccccc2)cc1. The lowest BCUT2D eigenvalue weighted by molar-refractivity contribution is 0.436. The fourth-order valence-electron chi connectivity index (χ4n) is 2.43. The Labute approximate surface area is 130 Å². The van der Waals surface area contributed by atoms with Gasteiger partial charge in [-0.25, -0.2) is 4.98 Å². The number of nitrogens with one attached hydrogen (secondary N) is 1. The van der Waals surface area contributed by atoms with Crippen LogP contribution in [0.3, 0.4) is 0 Å². The second-order valence-electron chi connectivity index (χ2n) is 5.45. The summed E-state index contributed by atoms with van der Waals surface area (Å²) in [6.07, 6.45) is 3.32. The molecule has 0 aliphatic carbocycles. The summed E-state index contributed by atoms with van der Waals surface area (Å²) >= 11 is 0. The third kappa shape index (κ3) is 3.80. The van der Waals surface area contributed by atoms with Crippen LogP contribution in [0, 0.1) is 6.92 Å². The summed E-state index contributed by atoms with van der Waals surface area (Å²) in [6.45, 7) is 3.69. The Kier molecular flexibility index (Phi) is 4.61. The van der Waals surface area contributed by atoms with Crippen LogP contribution in [0.15, 0.2) is 67.3 Å². The first-order valence-electron chi connectivity index (χ1n) is 7.47. The molecule has 0 aliphatic rings. The first-order valence-corrected chi connectivity index (χ1v) is 7.47. The van der Waals surface area contributed by atoms with E-state index in [1.807, 2.05) is 10.7 Å². The smallest absolute Gasteiger partial charge is 0.137 e. The number of hydrogen-bond donors (Lipinski definition) is 1. The fourth-order valence-corrected chi connectivity index (χ4v) is 2.43. The van der Waals surface area contributed by atoms with Crippen LogP contribution in [0.2, 0.25) is 0 Å². The van der Waals surface area contributed by atoms with E-state index in [1.165, 1.54) is 16.7 Å². The lowest BCUT2D eigenvalue weighted by Crippen LogP contribution is -2.25. The van der Waals surface area contributed by atoms with Gasteiger partial charge in [0.1, 0.15) is 12.7 Å². The first-order chi connectivity index (χ1) is 10.8. The molecule has 3 rings (SSSR count). The number of aromatic nitrogens is 3. The average molecular weight is 292 g/mol. The van der Waals surface area contributed by atoms with Crippen LogP contribution in [0.25, 0.3) is 0 Å². The van der Waals surface area contributed by atoms with Crippen LogP contribution >= 0.6 is 0 Å². The number of nitrogens with zero attached hydrogens (tertiary/aromatic N) is 3. The van der Waals surface area contributed by atoms with Gasteiger partial charge in [-0.3, -0.25) is 4.68 Å². The van der Waals surface area contributed by atoms with Crippen LogP contribution in [-0.4, -0.2) is 14.8 Å². The van der Waals surface area contributed by atoms with E-state index in [4.69, 9.17) is 0 Å². The Morgan fingerprint density at radius 3 is 2.50 bits per heavy atom. The van der Waals surface area contributed by atoms with Crippen molar-refractivity contribution in [1.29, 1.82) is 0 Å². The second-order valence-corrected chi connectivity index (χ2v) is 5.45. The predicted molar refractivity (Wildman–Crippen MR) is 87.2 cm³/mol. The normalized spacial score (nSPS) is 12.2. The van der Waals surface area contributed by atoms with E-state index in [1.54, 1.807) is 12.7 Å². The van der Waals surface area contributed by atoms with Gasteiger partial charge in [-0.15, -0.1) is 0 Å². The van der Waals surface area contributed by atoms with Gasteiger partial charge < -0.3 is 5.32 Å². The highest BCUT2D eigenvalue weighted by atomic mass is 15.3. The molecule has 4 heteroatoms. The molecule has 0 saturated heterocycles. The van der Waals surface area contributed by atoms with Crippen molar-refractivity contribution in [3.8, 4) is 0 Å². The van der Waals surface area contributed by atoms with Crippen molar-refractivity contribution in [2.24, 2.45) is 0 Å². The molecule has 22 heavy (non-hydrogen) atoms. The summed E-state index contributed by atoms with van der Waals surface area (Å²) in [6, 6.07) is 19.3. The molecule has 0 amide bonds. The monoisotopic (exact) mass is 292 g/mol. The van der Waals surface area contributed by atoms with E-state index in [9.17, 15) is 0 Å². The summed E-state index contributed by atoms with van der Waals surface area (Å²) in [5.74, 6) is 0. The average Bonchev–Trinajstić information content (AvgIpc) is 3.07. The zero-order chi connectivity index (χ0) is 15.2. The van der Waals surface area contributed by atoms with E-state index in [0.29, 0.717) is 0 Å². The Bertz CT molecular complexity index is 675. The van der Waals surface area contributed by atoms with Gasteiger partial charge in [0.25, 0.3) is 0 Å². The number of aryl methyl sites for hydroxylation is 1. The van der Waals surface area contributed by atoms with Gasteiger partial charge in [-0.2, -0.15) is 5.10 Å². The molecular weight excluding hydrogens is 272 g/mol. The minimum absolute atomic E-state index is 0.198. The van der Waals surface area contributed by atoms with Crippen LogP contribution < -0.4 is 5.32 Å². The molecule has 1 heterocycles. The molecule has 1 N–H and O–H groups in total. The molecule has 0 bridgehead atoms. The molecule has 2 aromatic carbocycles. The van der Waals surface area contributed by atoms with Gasteiger partial charge >= 0.3 is 0 Å². The Balaban J connectivity index is 1.72. The molecule has 3 aromatic rings. The number of hydrogen-bond acceptors (Lipinski definition) is 3. The maximum atomic E-state index is 4.21. The van der Waals surface area contributed by atoms with Crippen molar-refractivity contribution in [2.45, 2.75) is 26.1 Å². The molecule has 0 saturated carbocycles. The largest absolute Gasteiger partial charge is 0.304 e. The van der Waals surface area contributed by atoms with E-state index in [-0.39, 0.29) is 6.04 Å². The van der Waals surface area contributed by atoms with E-state index in [0.717, 1.165) is 13.1 Å². The fraction of sp³-hybridized carbons (Fsp3) is 0.222. The van der Waals surface area contributed by atoms with Gasteiger partial charge in [0.15, 0.2) is 0 Å². The van der Waals surface area contributed by atoms with Gasteiger partial charge in [0.2, 0.25) is 0 Å². The van der Waals surface area contributed by atoms with Gasteiger partial charge in [0, 0.05) is 6.54 Å². The van der Waals surface area contributed by atoms with Crippen molar-refractivity contribution in [1.82, 2.24) is 20.1 Å². The molecule has 0 radical (unpaired) electrons. The minimum atomic E-state index is 0.198. The van der Waals surface area contributed by atoms with Gasteiger partial charge in [-0.1, -0.05) is 60.2 Å². The van der Waals surface area contributed by atoms with Crippen molar-refractivity contribution >= 4 is 0 Å². The van der Waals surface area contributed by atoms with Crippen LogP contribution in [0.5, 0.6) is 0 Å². The lowest BCUT2D eigenvalue weighted by Gasteiger charge is -2.19. The molecule has 0 unspecified atom stereocenters. The molecule has 0 aliphatic heterocycles. The van der Waals surface area contributed by atoms with Gasteiger partial charge in [0.05, 0.1) is 12.6 Å². The Hall–Kier alpha value is -2.46. The lowest BCUT2D eigenvalue weighted by atomic mass is 10.1. The highest BCUT2D eigenvalue weighted by Gasteiger charge is 2.12. The number of rotatable bonds is 6. The molecule has 112 valence electrons. The summed E-state index contributed by atoms with van der Waals surface area (Å²) in [5, 5.41) is 7.84.